The van der Waals surface area contributed by atoms with Crippen molar-refractivity contribution in [2.24, 2.45) is 0 Å². The normalized spacial score (nSPS) is 16.1. The molecule has 0 saturated carbocycles. The molecule has 1 atom stereocenters. The third-order valence-corrected chi connectivity index (χ3v) is 4.00. The van der Waals surface area contributed by atoms with Crippen molar-refractivity contribution in [3.63, 3.8) is 0 Å². The molecule has 0 aliphatic carbocycles. The van der Waals surface area contributed by atoms with Crippen molar-refractivity contribution in [2.75, 3.05) is 11.9 Å². The lowest BCUT2D eigenvalue weighted by molar-refractivity contribution is -0.698. The van der Waals surface area contributed by atoms with Gasteiger partial charge in [0.05, 0.1) is 0 Å². The molecule has 3 heteroatoms. The Balaban J connectivity index is 0.00000147. The molecule has 1 aromatic carbocycles. The minimum atomic E-state index is 0. The van der Waals surface area contributed by atoms with Gasteiger partial charge in [0.2, 0.25) is 0 Å². The SMILES string of the molecule is CCc1ccc[n+](CCC2CNc3ccccc32)c1.[Br-]. The maximum atomic E-state index is 3.50. The van der Waals surface area contributed by atoms with Gasteiger partial charge in [-0.1, -0.05) is 25.1 Å². The Bertz CT molecular complexity index is 568. The van der Waals surface area contributed by atoms with Crippen molar-refractivity contribution >= 4 is 5.69 Å². The molecule has 3 rings (SSSR count). The van der Waals surface area contributed by atoms with Gasteiger partial charge in [-0.05, 0) is 24.1 Å². The zero-order valence-corrected chi connectivity index (χ0v) is 13.4. The van der Waals surface area contributed by atoms with E-state index in [4.69, 9.17) is 0 Å². The Morgan fingerprint density at radius 1 is 1.20 bits per heavy atom. The number of fused-ring (bicyclic) bond motifs is 1. The highest BCUT2D eigenvalue weighted by Crippen LogP contribution is 2.32. The Morgan fingerprint density at radius 2 is 2.05 bits per heavy atom. The van der Waals surface area contributed by atoms with Crippen molar-refractivity contribution in [1.82, 2.24) is 0 Å². The number of para-hydroxylation sites is 1. The third kappa shape index (κ3) is 3.21. The van der Waals surface area contributed by atoms with E-state index < -0.39 is 0 Å². The first-order chi connectivity index (χ1) is 9.36. The summed E-state index contributed by atoms with van der Waals surface area (Å²) in [7, 11) is 0. The van der Waals surface area contributed by atoms with E-state index in [1.807, 2.05) is 0 Å². The van der Waals surface area contributed by atoms with Gasteiger partial charge in [-0.15, -0.1) is 0 Å². The number of aromatic nitrogens is 1. The summed E-state index contributed by atoms with van der Waals surface area (Å²) < 4.78 is 2.32. The minimum Gasteiger partial charge on any atom is -1.00 e. The van der Waals surface area contributed by atoms with Gasteiger partial charge >= 0.3 is 0 Å². The van der Waals surface area contributed by atoms with Crippen molar-refractivity contribution in [1.29, 1.82) is 0 Å². The zero-order chi connectivity index (χ0) is 13.1. The standard InChI is InChI=1S/C17H21N2.BrH/c1-2-14-6-5-10-19(13-14)11-9-15-12-18-17-8-4-3-7-16(15)17;/h3-8,10,13,15,18H,2,9,11-12H2,1H3;1H/q+1;/p-1. The maximum Gasteiger partial charge on any atom is 0.171 e. The summed E-state index contributed by atoms with van der Waals surface area (Å²) in [4.78, 5) is 0. The molecule has 0 fully saturated rings. The summed E-state index contributed by atoms with van der Waals surface area (Å²) in [6.07, 6.45) is 6.75. The molecular weight excluding hydrogens is 312 g/mol. The second-order valence-electron chi connectivity index (χ2n) is 5.26. The summed E-state index contributed by atoms with van der Waals surface area (Å²) in [5, 5.41) is 3.50. The Hall–Kier alpha value is -1.35. The number of rotatable bonds is 4. The molecule has 0 spiro atoms. The van der Waals surface area contributed by atoms with E-state index in [2.05, 4.69) is 65.6 Å². The Kier molecular flexibility index (Phi) is 5.18. The molecule has 1 aliphatic heterocycles. The van der Waals surface area contributed by atoms with Crippen LogP contribution in [0.25, 0.3) is 0 Å². The van der Waals surface area contributed by atoms with Gasteiger partial charge in [0.15, 0.2) is 12.4 Å². The van der Waals surface area contributed by atoms with Gasteiger partial charge < -0.3 is 22.3 Å². The number of pyridine rings is 1. The van der Waals surface area contributed by atoms with Crippen LogP contribution >= 0.6 is 0 Å². The number of hydrogen-bond acceptors (Lipinski definition) is 1. The van der Waals surface area contributed by atoms with Gasteiger partial charge in [-0.2, -0.15) is 0 Å². The number of benzene rings is 1. The van der Waals surface area contributed by atoms with E-state index in [0.717, 1.165) is 19.5 Å². The first kappa shape index (κ1) is 15.0. The fraction of sp³-hybridized carbons (Fsp3) is 0.353. The van der Waals surface area contributed by atoms with Crippen molar-refractivity contribution in [3.05, 3.63) is 59.9 Å². The highest BCUT2D eigenvalue weighted by atomic mass is 79.9. The fourth-order valence-corrected chi connectivity index (χ4v) is 2.84. The van der Waals surface area contributed by atoms with E-state index in [9.17, 15) is 0 Å². The number of nitrogens with one attached hydrogen (secondary N) is 1. The van der Waals surface area contributed by atoms with Crippen molar-refractivity contribution in [3.8, 4) is 0 Å². The topological polar surface area (TPSA) is 15.9 Å². The number of aryl methyl sites for hydroxylation is 2. The average Bonchev–Trinajstić information content (AvgIpc) is 2.89. The summed E-state index contributed by atoms with van der Waals surface area (Å²) in [6.45, 7) is 4.37. The monoisotopic (exact) mass is 332 g/mol. The molecule has 0 saturated heterocycles. The molecule has 2 heterocycles. The molecule has 1 N–H and O–H groups in total. The third-order valence-electron chi connectivity index (χ3n) is 4.00. The van der Waals surface area contributed by atoms with Crippen LogP contribution in [0.3, 0.4) is 0 Å². The molecule has 0 amide bonds. The van der Waals surface area contributed by atoms with Crippen LogP contribution in [0.4, 0.5) is 5.69 Å². The highest BCUT2D eigenvalue weighted by molar-refractivity contribution is 5.57. The summed E-state index contributed by atoms with van der Waals surface area (Å²) >= 11 is 0. The van der Waals surface area contributed by atoms with E-state index in [1.54, 1.807) is 0 Å². The average molecular weight is 333 g/mol. The molecule has 106 valence electrons. The smallest absolute Gasteiger partial charge is 0.171 e. The van der Waals surface area contributed by atoms with E-state index in [-0.39, 0.29) is 17.0 Å². The molecule has 0 radical (unpaired) electrons. The fourth-order valence-electron chi connectivity index (χ4n) is 2.84. The van der Waals surface area contributed by atoms with Crippen LogP contribution in [0.15, 0.2) is 48.8 Å². The number of halogens is 1. The zero-order valence-electron chi connectivity index (χ0n) is 11.8. The lowest BCUT2D eigenvalue weighted by atomic mass is 9.98. The Labute approximate surface area is 131 Å². The van der Waals surface area contributed by atoms with Crippen molar-refractivity contribution < 1.29 is 21.5 Å². The van der Waals surface area contributed by atoms with Gasteiger partial charge in [-0.25, -0.2) is 4.57 Å². The highest BCUT2D eigenvalue weighted by Gasteiger charge is 2.22. The van der Waals surface area contributed by atoms with Gasteiger partial charge in [0.1, 0.15) is 6.54 Å². The van der Waals surface area contributed by atoms with Crippen LogP contribution in [0.5, 0.6) is 0 Å². The van der Waals surface area contributed by atoms with Crippen molar-refractivity contribution in [2.45, 2.75) is 32.2 Å². The molecule has 1 unspecified atom stereocenters. The lowest BCUT2D eigenvalue weighted by Gasteiger charge is -2.07. The van der Waals surface area contributed by atoms with Gasteiger partial charge in [0, 0.05) is 36.2 Å². The predicted octanol–water partition coefficient (Wildman–Crippen LogP) is 0.140. The first-order valence-corrected chi connectivity index (χ1v) is 7.17. The summed E-state index contributed by atoms with van der Waals surface area (Å²) in [5.41, 5.74) is 4.21. The number of hydrogen-bond donors (Lipinski definition) is 1. The second-order valence-corrected chi connectivity index (χ2v) is 5.26. The van der Waals surface area contributed by atoms with Crippen LogP contribution in [0.1, 0.15) is 30.4 Å². The molecule has 2 aromatic rings. The summed E-state index contributed by atoms with van der Waals surface area (Å²) in [5.74, 6) is 0.647. The van der Waals surface area contributed by atoms with Gasteiger partial charge in [-0.3, -0.25) is 0 Å². The predicted molar refractivity (Wildman–Crippen MR) is 78.3 cm³/mol. The Morgan fingerprint density at radius 3 is 2.90 bits per heavy atom. The van der Waals surface area contributed by atoms with Crippen LogP contribution in [-0.4, -0.2) is 6.54 Å². The van der Waals surface area contributed by atoms with Crippen LogP contribution in [0, 0.1) is 0 Å². The largest absolute Gasteiger partial charge is 1.00 e. The molecule has 20 heavy (non-hydrogen) atoms. The summed E-state index contributed by atoms with van der Waals surface area (Å²) in [6, 6.07) is 13.0. The molecule has 1 aliphatic rings. The molecule has 0 bridgehead atoms. The molecular formula is C17H21BrN2. The van der Waals surface area contributed by atoms with Crippen LogP contribution in [-0.2, 0) is 13.0 Å². The van der Waals surface area contributed by atoms with Crippen LogP contribution in [0.2, 0.25) is 0 Å². The second kappa shape index (κ2) is 6.89. The van der Waals surface area contributed by atoms with E-state index in [1.165, 1.54) is 23.2 Å². The number of nitrogens with zero attached hydrogens (tertiary/aromatic N) is 1. The minimum absolute atomic E-state index is 0. The molecule has 1 aromatic heterocycles. The maximum absolute atomic E-state index is 3.50. The van der Waals surface area contributed by atoms with E-state index in [0.29, 0.717) is 5.92 Å². The van der Waals surface area contributed by atoms with Crippen LogP contribution < -0.4 is 26.9 Å². The quantitative estimate of drug-likeness (QED) is 0.787. The first-order valence-electron chi connectivity index (χ1n) is 7.17. The van der Waals surface area contributed by atoms with Gasteiger partial charge in [0.25, 0.3) is 0 Å². The molecule has 2 nitrogen and oxygen atoms in total. The number of anilines is 1. The lowest BCUT2D eigenvalue weighted by Crippen LogP contribution is -3.00. The van der Waals surface area contributed by atoms with E-state index >= 15 is 0 Å².